The molecule has 0 bridgehead atoms. The molecule has 1 spiro atoms. The van der Waals surface area contributed by atoms with Crippen molar-refractivity contribution in [3.63, 3.8) is 0 Å². The fourth-order valence-corrected chi connectivity index (χ4v) is 2.77. The van der Waals surface area contributed by atoms with Gasteiger partial charge in [0.05, 0.1) is 0 Å². The Morgan fingerprint density at radius 3 is 2.10 bits per heavy atom. The summed E-state index contributed by atoms with van der Waals surface area (Å²) in [4.78, 5) is 0. The van der Waals surface area contributed by atoms with Crippen LogP contribution in [0.25, 0.3) is 0 Å². The summed E-state index contributed by atoms with van der Waals surface area (Å²) in [7, 11) is 0. The van der Waals surface area contributed by atoms with E-state index in [-0.39, 0.29) is 0 Å². The van der Waals surface area contributed by atoms with Crippen LogP contribution < -0.4 is 0 Å². The Hall–Kier alpha value is 0.480. The second kappa shape index (κ2) is 2.51. The molecule has 1 heteroatoms. The molecule has 58 valence electrons. The molecular weight excluding hydrogens is 188 g/mol. The molecule has 0 saturated heterocycles. The smallest absolute Gasteiger partial charge is 0.00596 e. The Morgan fingerprint density at radius 1 is 1.10 bits per heavy atom. The van der Waals surface area contributed by atoms with Crippen molar-refractivity contribution >= 4 is 15.9 Å². The first kappa shape index (κ1) is 7.15. The first-order valence-corrected chi connectivity index (χ1v) is 5.53. The van der Waals surface area contributed by atoms with E-state index in [1.165, 1.54) is 31.0 Å². The molecule has 2 aliphatic rings. The van der Waals surface area contributed by atoms with Gasteiger partial charge in [0.15, 0.2) is 0 Å². The lowest BCUT2D eigenvalue weighted by atomic mass is 9.81. The Morgan fingerprint density at radius 2 is 1.70 bits per heavy atom. The van der Waals surface area contributed by atoms with Crippen LogP contribution in [0.2, 0.25) is 0 Å². The molecule has 0 heterocycles. The number of rotatable bonds is 1. The van der Waals surface area contributed by atoms with E-state index in [2.05, 4.69) is 15.9 Å². The summed E-state index contributed by atoms with van der Waals surface area (Å²) in [6, 6.07) is 0. The fourth-order valence-electron chi connectivity index (χ4n) is 2.12. The predicted octanol–water partition coefficient (Wildman–Crippen LogP) is 3.35. The Kier molecular flexibility index (Phi) is 1.79. The van der Waals surface area contributed by atoms with Crippen molar-refractivity contribution in [1.82, 2.24) is 0 Å². The summed E-state index contributed by atoms with van der Waals surface area (Å²) in [5, 5.41) is 1.24. The van der Waals surface area contributed by atoms with Gasteiger partial charge in [0.2, 0.25) is 0 Å². The molecule has 0 aromatic rings. The summed E-state index contributed by atoms with van der Waals surface area (Å²) in [5.74, 6) is 1.01. The zero-order chi connectivity index (χ0) is 7.03. The maximum Gasteiger partial charge on any atom is 0.00596 e. The van der Waals surface area contributed by atoms with Gasteiger partial charge in [-0.2, -0.15) is 0 Å². The maximum absolute atomic E-state index is 3.57. The van der Waals surface area contributed by atoms with Crippen molar-refractivity contribution in [3.05, 3.63) is 0 Å². The van der Waals surface area contributed by atoms with E-state index in [9.17, 15) is 0 Å². The van der Waals surface area contributed by atoms with Crippen molar-refractivity contribution in [2.24, 2.45) is 11.3 Å². The normalized spacial score (nSPS) is 30.9. The zero-order valence-corrected chi connectivity index (χ0v) is 7.99. The molecule has 0 aliphatic heterocycles. The second-order valence-corrected chi connectivity index (χ2v) is 4.75. The molecule has 0 unspecified atom stereocenters. The highest BCUT2D eigenvalue weighted by Crippen LogP contribution is 2.57. The molecule has 0 nitrogen and oxygen atoms in total. The molecule has 0 aromatic heterocycles. The van der Waals surface area contributed by atoms with E-state index in [1.54, 1.807) is 12.8 Å². The van der Waals surface area contributed by atoms with Crippen LogP contribution in [0.1, 0.15) is 38.5 Å². The Labute approximate surface area is 71.5 Å². The van der Waals surface area contributed by atoms with Crippen LogP contribution in [-0.4, -0.2) is 5.33 Å². The van der Waals surface area contributed by atoms with Gasteiger partial charge < -0.3 is 0 Å². The Balaban J connectivity index is 1.84. The third-order valence-electron chi connectivity index (χ3n) is 3.34. The molecule has 2 saturated carbocycles. The van der Waals surface area contributed by atoms with Gasteiger partial charge >= 0.3 is 0 Å². The molecule has 10 heavy (non-hydrogen) atoms. The van der Waals surface area contributed by atoms with E-state index < -0.39 is 0 Å². The lowest BCUT2D eigenvalue weighted by Gasteiger charge is -2.26. The van der Waals surface area contributed by atoms with Gasteiger partial charge in [-0.15, -0.1) is 0 Å². The van der Waals surface area contributed by atoms with Crippen molar-refractivity contribution in [2.45, 2.75) is 38.5 Å². The van der Waals surface area contributed by atoms with Gasteiger partial charge in [-0.1, -0.05) is 15.9 Å². The largest absolute Gasteiger partial charge is 0.0925 e. The molecule has 0 amide bonds. The number of hydrogen-bond donors (Lipinski definition) is 0. The third-order valence-corrected chi connectivity index (χ3v) is 4.26. The highest BCUT2D eigenvalue weighted by atomic mass is 79.9. The molecule has 0 atom stereocenters. The van der Waals surface area contributed by atoms with E-state index in [1.807, 2.05) is 0 Å². The quantitative estimate of drug-likeness (QED) is 0.573. The molecule has 0 radical (unpaired) electrons. The lowest BCUT2D eigenvalue weighted by molar-refractivity contribution is 0.276. The SMILES string of the molecule is BrCC1CCC2(CC1)CC2. The highest BCUT2D eigenvalue weighted by molar-refractivity contribution is 9.09. The summed E-state index contributed by atoms with van der Waals surface area (Å²) < 4.78 is 0. The summed E-state index contributed by atoms with van der Waals surface area (Å²) in [6.45, 7) is 0. The van der Waals surface area contributed by atoms with Gasteiger partial charge in [0.25, 0.3) is 0 Å². The minimum Gasteiger partial charge on any atom is -0.0925 e. The minimum absolute atomic E-state index is 0.888. The number of hydrogen-bond acceptors (Lipinski definition) is 0. The standard InChI is InChI=1S/C9H15Br/c10-7-8-1-3-9(4-2-8)5-6-9/h8H,1-7H2. The van der Waals surface area contributed by atoms with Crippen molar-refractivity contribution in [2.75, 3.05) is 5.33 Å². The minimum atomic E-state index is 0.888. The van der Waals surface area contributed by atoms with Crippen molar-refractivity contribution in [1.29, 1.82) is 0 Å². The molecule has 0 aromatic carbocycles. The lowest BCUT2D eigenvalue weighted by Crippen LogP contribution is -2.15. The highest BCUT2D eigenvalue weighted by Gasteiger charge is 2.44. The number of alkyl halides is 1. The molecular formula is C9H15Br. The van der Waals surface area contributed by atoms with E-state index >= 15 is 0 Å². The monoisotopic (exact) mass is 202 g/mol. The van der Waals surface area contributed by atoms with Gasteiger partial charge in [-0.25, -0.2) is 0 Å². The van der Waals surface area contributed by atoms with Crippen LogP contribution in [0.15, 0.2) is 0 Å². The summed E-state index contributed by atoms with van der Waals surface area (Å²) in [6.07, 6.45) is 9.13. The zero-order valence-electron chi connectivity index (χ0n) is 6.41. The summed E-state index contributed by atoms with van der Waals surface area (Å²) in [5.41, 5.74) is 0.888. The van der Waals surface area contributed by atoms with E-state index in [0.717, 1.165) is 11.3 Å². The predicted molar refractivity (Wildman–Crippen MR) is 47.4 cm³/mol. The van der Waals surface area contributed by atoms with Gasteiger partial charge in [-0.3, -0.25) is 0 Å². The van der Waals surface area contributed by atoms with Gasteiger partial charge in [0, 0.05) is 5.33 Å². The number of halogens is 1. The van der Waals surface area contributed by atoms with Crippen molar-refractivity contribution < 1.29 is 0 Å². The maximum atomic E-state index is 3.57. The summed E-state index contributed by atoms with van der Waals surface area (Å²) >= 11 is 3.57. The van der Waals surface area contributed by atoms with Gasteiger partial charge in [0.1, 0.15) is 0 Å². The van der Waals surface area contributed by atoms with Crippen LogP contribution >= 0.6 is 15.9 Å². The van der Waals surface area contributed by atoms with Crippen LogP contribution in [0.4, 0.5) is 0 Å². The molecule has 2 fully saturated rings. The second-order valence-electron chi connectivity index (χ2n) is 4.10. The van der Waals surface area contributed by atoms with E-state index in [4.69, 9.17) is 0 Å². The topological polar surface area (TPSA) is 0 Å². The Bertz CT molecular complexity index is 117. The van der Waals surface area contributed by atoms with E-state index in [0.29, 0.717) is 0 Å². The third kappa shape index (κ3) is 1.25. The molecule has 2 aliphatic carbocycles. The van der Waals surface area contributed by atoms with Gasteiger partial charge in [-0.05, 0) is 49.9 Å². The fraction of sp³-hybridized carbons (Fsp3) is 1.00. The molecule has 2 rings (SSSR count). The van der Waals surface area contributed by atoms with Crippen LogP contribution in [-0.2, 0) is 0 Å². The first-order chi connectivity index (χ1) is 4.85. The van der Waals surface area contributed by atoms with Crippen LogP contribution in [0.3, 0.4) is 0 Å². The molecule has 0 N–H and O–H groups in total. The average molecular weight is 203 g/mol. The first-order valence-electron chi connectivity index (χ1n) is 4.41. The van der Waals surface area contributed by atoms with Crippen LogP contribution in [0.5, 0.6) is 0 Å². The van der Waals surface area contributed by atoms with Crippen LogP contribution in [0, 0.1) is 11.3 Å². The average Bonchev–Trinajstić information content (AvgIpc) is 2.72. The van der Waals surface area contributed by atoms with Crippen molar-refractivity contribution in [3.8, 4) is 0 Å².